The van der Waals surface area contributed by atoms with Crippen molar-refractivity contribution < 1.29 is 22.2 Å². The molecule has 0 aromatic heterocycles. The minimum atomic E-state index is -4.54. The fraction of sp³-hybridized carbons (Fsp3) is 0.333. The van der Waals surface area contributed by atoms with Crippen LogP contribution in [0.3, 0.4) is 0 Å². The number of hydrogen-bond donors (Lipinski definition) is 0. The van der Waals surface area contributed by atoms with Crippen molar-refractivity contribution in [3.8, 4) is 0 Å². The van der Waals surface area contributed by atoms with Crippen molar-refractivity contribution in [1.82, 2.24) is 0 Å². The van der Waals surface area contributed by atoms with Gasteiger partial charge in [-0.1, -0.05) is 0 Å². The summed E-state index contributed by atoms with van der Waals surface area (Å²) in [6.45, 7) is 0.466. The molecule has 2 atom stereocenters. The topological polar surface area (TPSA) is 23.1 Å². The second-order valence-corrected chi connectivity index (χ2v) is 4.68. The minimum absolute atomic E-state index is 0.174. The summed E-state index contributed by atoms with van der Waals surface area (Å²) in [4.78, 5) is 0. The Kier molecular flexibility index (Phi) is 2.16. The Morgan fingerprint density at radius 1 is 1.28 bits per heavy atom. The van der Waals surface area contributed by atoms with Gasteiger partial charge in [-0.05, 0) is 29.8 Å². The molecule has 0 amide bonds. The van der Waals surface area contributed by atoms with Crippen molar-refractivity contribution in [1.29, 1.82) is 0 Å². The first kappa shape index (κ1) is 11.7. The van der Waals surface area contributed by atoms with Crippen LogP contribution in [-0.2, 0) is 6.18 Å². The maximum atomic E-state index is 13.1. The van der Waals surface area contributed by atoms with Crippen LogP contribution in [0.1, 0.15) is 11.1 Å². The molecule has 0 bridgehead atoms. The van der Waals surface area contributed by atoms with Crippen molar-refractivity contribution in [2.24, 2.45) is 0 Å². The number of nitrogens with zero attached hydrogens (tertiary/aromatic N) is 1. The number of rotatable bonds is 1. The van der Waals surface area contributed by atoms with Crippen LogP contribution in [0.5, 0.6) is 0 Å². The van der Waals surface area contributed by atoms with Gasteiger partial charge in [-0.25, -0.2) is 4.39 Å². The molecule has 96 valence electrons. The highest BCUT2D eigenvalue weighted by Crippen LogP contribution is 2.47. The molecule has 0 aliphatic carbocycles. The van der Waals surface area contributed by atoms with Gasteiger partial charge in [0, 0.05) is 5.57 Å². The van der Waals surface area contributed by atoms with Gasteiger partial charge in [0.1, 0.15) is 12.4 Å². The highest BCUT2D eigenvalue weighted by molar-refractivity contribution is 5.75. The average Bonchev–Trinajstić information content (AvgIpc) is 2.80. The second kappa shape index (κ2) is 3.33. The highest BCUT2D eigenvalue weighted by Gasteiger charge is 2.54. The highest BCUT2D eigenvalue weighted by atomic mass is 19.4. The normalized spacial score (nSPS) is 30.1. The van der Waals surface area contributed by atoms with Gasteiger partial charge in [-0.3, -0.25) is 0 Å². The summed E-state index contributed by atoms with van der Waals surface area (Å²) in [5.74, 6) is -0.726. The van der Waals surface area contributed by atoms with Crippen molar-refractivity contribution in [3.05, 3.63) is 46.4 Å². The van der Waals surface area contributed by atoms with Crippen LogP contribution in [-0.4, -0.2) is 23.8 Å². The molecule has 1 fully saturated rings. The quantitative estimate of drug-likeness (QED) is 0.329. The molecule has 1 saturated heterocycles. The van der Waals surface area contributed by atoms with Crippen LogP contribution in [0, 0.1) is 11.0 Å². The fourth-order valence-corrected chi connectivity index (χ4v) is 2.48. The van der Waals surface area contributed by atoms with E-state index in [9.17, 15) is 22.8 Å². The van der Waals surface area contributed by atoms with Gasteiger partial charge in [0.25, 0.3) is 0 Å². The summed E-state index contributed by atoms with van der Waals surface area (Å²) in [5.41, 5.74) is -0.742. The minimum Gasteiger partial charge on any atom is -0.632 e. The van der Waals surface area contributed by atoms with E-state index in [0.29, 0.717) is 12.1 Å². The lowest BCUT2D eigenvalue weighted by atomic mass is 9.97. The number of benzene rings is 1. The molecular weight excluding hydrogens is 250 g/mol. The smallest absolute Gasteiger partial charge is 0.417 e. The monoisotopic (exact) mass is 259 g/mol. The number of fused-ring (bicyclic) bond motifs is 1. The van der Waals surface area contributed by atoms with Crippen LogP contribution >= 0.6 is 0 Å². The van der Waals surface area contributed by atoms with Crippen LogP contribution in [0.4, 0.5) is 17.6 Å². The lowest BCUT2D eigenvalue weighted by molar-refractivity contribution is -0.742. The Bertz CT molecular complexity index is 551. The molecular formula is C12H9F4NO. The van der Waals surface area contributed by atoms with E-state index in [4.69, 9.17) is 0 Å². The molecule has 6 heteroatoms. The van der Waals surface area contributed by atoms with E-state index in [1.807, 2.05) is 0 Å². The van der Waals surface area contributed by atoms with Gasteiger partial charge in [0.15, 0.2) is 6.04 Å². The summed E-state index contributed by atoms with van der Waals surface area (Å²) >= 11 is 0. The molecule has 2 aliphatic heterocycles. The first-order chi connectivity index (χ1) is 8.31. The molecule has 2 aliphatic rings. The van der Waals surface area contributed by atoms with Crippen molar-refractivity contribution >= 4 is 5.57 Å². The van der Waals surface area contributed by atoms with Gasteiger partial charge in [-0.2, -0.15) is 13.2 Å². The summed E-state index contributed by atoms with van der Waals surface area (Å²) in [5, 5.41) is 11.7. The first-order valence-electron chi connectivity index (χ1n) is 5.46. The predicted molar refractivity (Wildman–Crippen MR) is 56.5 cm³/mol. The Morgan fingerprint density at radius 3 is 2.50 bits per heavy atom. The molecule has 1 aromatic carbocycles. The van der Waals surface area contributed by atoms with Gasteiger partial charge >= 0.3 is 6.18 Å². The molecule has 0 saturated carbocycles. The van der Waals surface area contributed by atoms with Crippen molar-refractivity contribution in [2.45, 2.75) is 12.2 Å². The van der Waals surface area contributed by atoms with E-state index in [0.717, 1.165) is 18.2 Å². The fourth-order valence-electron chi connectivity index (χ4n) is 2.48. The van der Waals surface area contributed by atoms with Crippen LogP contribution in [0.2, 0.25) is 0 Å². The predicted octanol–water partition coefficient (Wildman–Crippen LogP) is 2.94. The van der Waals surface area contributed by atoms with Gasteiger partial charge in [-0.15, -0.1) is 0 Å². The summed E-state index contributed by atoms with van der Waals surface area (Å²) in [7, 11) is 0. The van der Waals surface area contributed by atoms with E-state index in [1.54, 1.807) is 0 Å². The van der Waals surface area contributed by atoms with Gasteiger partial charge < -0.3 is 9.85 Å². The zero-order valence-electron chi connectivity index (χ0n) is 9.17. The third-order valence-corrected chi connectivity index (χ3v) is 3.49. The summed E-state index contributed by atoms with van der Waals surface area (Å²) in [6, 6.07) is 1.93. The zero-order valence-corrected chi connectivity index (χ0v) is 9.17. The Labute approximate surface area is 100 Å². The number of halogens is 4. The largest absolute Gasteiger partial charge is 0.632 e. The molecule has 2 unspecified atom stereocenters. The van der Waals surface area contributed by atoms with E-state index < -0.39 is 28.2 Å². The van der Waals surface area contributed by atoms with Crippen LogP contribution in [0.15, 0.2) is 24.3 Å². The first-order valence-corrected chi connectivity index (χ1v) is 5.46. The van der Waals surface area contributed by atoms with Gasteiger partial charge in [0.2, 0.25) is 0 Å². The molecule has 18 heavy (non-hydrogen) atoms. The maximum absolute atomic E-state index is 13.1. The summed E-state index contributed by atoms with van der Waals surface area (Å²) < 4.78 is 51.2. The molecule has 2 heterocycles. The standard InChI is InChI=1S/C12H9F4NO/c13-7-1-2-10(12(14,15)16)9(5-7)8-3-4-17(18)6-11(8)17/h1-3,5,11H,4,6H2. The molecule has 0 radical (unpaired) electrons. The molecule has 2 nitrogen and oxygen atoms in total. The second-order valence-electron chi connectivity index (χ2n) is 4.68. The third kappa shape index (κ3) is 1.64. The maximum Gasteiger partial charge on any atom is 0.417 e. The van der Waals surface area contributed by atoms with E-state index in [2.05, 4.69) is 0 Å². The molecule has 1 aromatic rings. The molecule has 0 N–H and O–H groups in total. The molecule has 0 spiro atoms. The average molecular weight is 259 g/mol. The van der Waals surface area contributed by atoms with Crippen molar-refractivity contribution in [2.75, 3.05) is 13.1 Å². The summed E-state index contributed by atoms with van der Waals surface area (Å²) in [6.07, 6.45) is -3.05. The Hall–Kier alpha value is -1.40. The van der Waals surface area contributed by atoms with E-state index >= 15 is 0 Å². The Balaban J connectivity index is 2.09. The third-order valence-electron chi connectivity index (χ3n) is 3.49. The van der Waals surface area contributed by atoms with E-state index in [1.165, 1.54) is 6.08 Å². The molecule has 3 rings (SSSR count). The Morgan fingerprint density at radius 2 is 2.00 bits per heavy atom. The lowest BCUT2D eigenvalue weighted by Gasteiger charge is -2.18. The lowest BCUT2D eigenvalue weighted by Crippen LogP contribution is -2.16. The number of hydroxylamine groups is 3. The van der Waals surface area contributed by atoms with Crippen LogP contribution in [0.25, 0.3) is 5.57 Å². The van der Waals surface area contributed by atoms with Gasteiger partial charge in [0.05, 0.1) is 12.1 Å². The number of quaternary nitrogens is 1. The SMILES string of the molecule is [O-][N+]12CC=C(c3cc(F)ccc3C(F)(F)F)C1C2. The zero-order chi connectivity index (χ0) is 13.1. The number of hydrogen-bond acceptors (Lipinski definition) is 1. The van der Waals surface area contributed by atoms with E-state index in [-0.39, 0.29) is 12.1 Å². The van der Waals surface area contributed by atoms with Crippen molar-refractivity contribution in [3.63, 3.8) is 0 Å². The number of alkyl halides is 3. The van der Waals surface area contributed by atoms with Crippen LogP contribution < -0.4 is 0 Å².